The van der Waals surface area contributed by atoms with Crippen LogP contribution in [-0.2, 0) is 17.9 Å². The van der Waals surface area contributed by atoms with Gasteiger partial charge in [-0.1, -0.05) is 6.07 Å². The Labute approximate surface area is 137 Å². The highest BCUT2D eigenvalue weighted by molar-refractivity contribution is 5.77. The molecule has 0 saturated heterocycles. The van der Waals surface area contributed by atoms with E-state index >= 15 is 0 Å². The molecule has 2 aromatic rings. The van der Waals surface area contributed by atoms with Gasteiger partial charge in [-0.05, 0) is 45.0 Å². The molecule has 0 fully saturated rings. The zero-order chi connectivity index (χ0) is 16.8. The average molecular weight is 315 g/mol. The number of hydrogen-bond acceptors (Lipinski definition) is 4. The summed E-state index contributed by atoms with van der Waals surface area (Å²) in [6.07, 6.45) is 3.57. The van der Waals surface area contributed by atoms with Crippen molar-refractivity contribution in [1.29, 1.82) is 0 Å². The van der Waals surface area contributed by atoms with Crippen molar-refractivity contribution >= 4 is 5.91 Å². The van der Waals surface area contributed by atoms with Crippen molar-refractivity contribution in [2.24, 2.45) is 0 Å². The Morgan fingerprint density at radius 1 is 1.35 bits per heavy atom. The zero-order valence-electron chi connectivity index (χ0n) is 14.3. The maximum Gasteiger partial charge on any atom is 0.234 e. The SMILES string of the molecule is Cc1nn(CCNC(=O)CN(C)Cc2cccnc2)c(C)c1C. The molecule has 0 unspecified atom stereocenters. The fourth-order valence-corrected chi connectivity index (χ4v) is 2.47. The van der Waals surface area contributed by atoms with Crippen molar-refractivity contribution in [2.75, 3.05) is 20.1 Å². The van der Waals surface area contributed by atoms with Gasteiger partial charge in [0.1, 0.15) is 0 Å². The van der Waals surface area contributed by atoms with Crippen LogP contribution in [0.2, 0.25) is 0 Å². The first-order valence-corrected chi connectivity index (χ1v) is 7.82. The zero-order valence-corrected chi connectivity index (χ0v) is 14.3. The molecule has 0 spiro atoms. The third-order valence-corrected chi connectivity index (χ3v) is 3.98. The Bertz CT molecular complexity index is 651. The minimum absolute atomic E-state index is 0.0228. The fraction of sp³-hybridized carbons (Fsp3) is 0.471. The Hall–Kier alpha value is -2.21. The highest BCUT2D eigenvalue weighted by Crippen LogP contribution is 2.10. The highest BCUT2D eigenvalue weighted by Gasteiger charge is 2.09. The molecule has 0 saturated carbocycles. The maximum atomic E-state index is 12.0. The van der Waals surface area contributed by atoms with Crippen molar-refractivity contribution in [2.45, 2.75) is 33.9 Å². The van der Waals surface area contributed by atoms with E-state index in [2.05, 4.69) is 29.2 Å². The number of aromatic nitrogens is 3. The van der Waals surface area contributed by atoms with Crippen molar-refractivity contribution in [1.82, 2.24) is 25.0 Å². The van der Waals surface area contributed by atoms with Crippen molar-refractivity contribution in [3.8, 4) is 0 Å². The number of hydrogen-bond donors (Lipinski definition) is 1. The Morgan fingerprint density at radius 2 is 2.13 bits per heavy atom. The van der Waals surface area contributed by atoms with Crippen LogP contribution >= 0.6 is 0 Å². The monoisotopic (exact) mass is 315 g/mol. The largest absolute Gasteiger partial charge is 0.353 e. The Kier molecular flexibility index (Phi) is 5.87. The van der Waals surface area contributed by atoms with E-state index in [-0.39, 0.29) is 5.91 Å². The summed E-state index contributed by atoms with van der Waals surface area (Å²) in [4.78, 5) is 18.0. The number of amides is 1. The Morgan fingerprint density at radius 3 is 2.74 bits per heavy atom. The van der Waals surface area contributed by atoms with Crippen LogP contribution in [0.4, 0.5) is 0 Å². The summed E-state index contributed by atoms with van der Waals surface area (Å²) in [6, 6.07) is 3.91. The lowest BCUT2D eigenvalue weighted by Crippen LogP contribution is -2.36. The van der Waals surface area contributed by atoms with Gasteiger partial charge < -0.3 is 5.32 Å². The van der Waals surface area contributed by atoms with Gasteiger partial charge >= 0.3 is 0 Å². The second-order valence-electron chi connectivity index (χ2n) is 5.90. The first-order valence-electron chi connectivity index (χ1n) is 7.82. The molecule has 2 aromatic heterocycles. The van der Waals surface area contributed by atoms with Crippen molar-refractivity contribution in [3.63, 3.8) is 0 Å². The van der Waals surface area contributed by atoms with Gasteiger partial charge in [-0.3, -0.25) is 19.4 Å². The molecule has 6 heteroatoms. The topological polar surface area (TPSA) is 63.1 Å². The van der Waals surface area contributed by atoms with Crippen molar-refractivity contribution < 1.29 is 4.79 Å². The second kappa shape index (κ2) is 7.87. The number of nitrogens with one attached hydrogen (secondary N) is 1. The summed E-state index contributed by atoms with van der Waals surface area (Å²) >= 11 is 0. The molecule has 23 heavy (non-hydrogen) atoms. The minimum Gasteiger partial charge on any atom is -0.353 e. The van der Waals surface area contributed by atoms with Crippen LogP contribution in [-0.4, -0.2) is 45.7 Å². The summed E-state index contributed by atoms with van der Waals surface area (Å²) < 4.78 is 1.95. The predicted octanol–water partition coefficient (Wildman–Crippen LogP) is 1.45. The maximum absolute atomic E-state index is 12.0. The van der Waals surface area contributed by atoms with Crippen LogP contribution < -0.4 is 5.32 Å². The van der Waals surface area contributed by atoms with Crippen LogP contribution in [0.25, 0.3) is 0 Å². The highest BCUT2D eigenvalue weighted by atomic mass is 16.2. The van der Waals surface area contributed by atoms with E-state index < -0.39 is 0 Å². The van der Waals surface area contributed by atoms with E-state index in [1.54, 1.807) is 6.20 Å². The number of carbonyl (C=O) groups excluding carboxylic acids is 1. The van der Waals surface area contributed by atoms with Crippen molar-refractivity contribution in [3.05, 3.63) is 47.0 Å². The molecule has 2 rings (SSSR count). The number of rotatable bonds is 7. The lowest BCUT2D eigenvalue weighted by atomic mass is 10.2. The molecular weight excluding hydrogens is 290 g/mol. The Balaban J connectivity index is 1.73. The molecule has 1 N–H and O–H groups in total. The van der Waals surface area contributed by atoms with E-state index in [4.69, 9.17) is 0 Å². The number of aryl methyl sites for hydroxylation is 1. The smallest absolute Gasteiger partial charge is 0.234 e. The van der Waals surface area contributed by atoms with Gasteiger partial charge in [-0.15, -0.1) is 0 Å². The summed E-state index contributed by atoms with van der Waals surface area (Å²) in [6.45, 7) is 8.48. The lowest BCUT2D eigenvalue weighted by Gasteiger charge is -2.16. The summed E-state index contributed by atoms with van der Waals surface area (Å²) in [5, 5.41) is 7.42. The van der Waals surface area contributed by atoms with E-state index in [1.165, 1.54) is 5.56 Å². The van der Waals surface area contributed by atoms with Gasteiger partial charge in [0, 0.05) is 31.2 Å². The molecule has 0 bridgehead atoms. The van der Waals surface area contributed by atoms with Gasteiger partial charge in [0.05, 0.1) is 18.8 Å². The van der Waals surface area contributed by atoms with Gasteiger partial charge in [0.15, 0.2) is 0 Å². The van der Waals surface area contributed by atoms with Crippen LogP contribution in [0.15, 0.2) is 24.5 Å². The molecule has 0 aromatic carbocycles. The lowest BCUT2D eigenvalue weighted by molar-refractivity contribution is -0.122. The third-order valence-electron chi connectivity index (χ3n) is 3.98. The van der Waals surface area contributed by atoms with E-state index in [0.717, 1.165) is 17.0 Å². The normalized spacial score (nSPS) is 11.0. The molecule has 124 valence electrons. The molecule has 0 radical (unpaired) electrons. The molecule has 0 atom stereocenters. The molecule has 0 aliphatic rings. The van der Waals surface area contributed by atoms with Crippen LogP contribution in [0.5, 0.6) is 0 Å². The van der Waals surface area contributed by atoms with E-state index in [0.29, 0.717) is 26.2 Å². The molecule has 2 heterocycles. The average Bonchev–Trinajstić information content (AvgIpc) is 2.75. The minimum atomic E-state index is 0.0228. The van der Waals surface area contributed by atoms with E-state index in [1.807, 2.05) is 41.9 Å². The quantitative estimate of drug-likeness (QED) is 0.840. The summed E-state index contributed by atoms with van der Waals surface area (Å²) in [7, 11) is 1.93. The fourth-order valence-electron chi connectivity index (χ4n) is 2.47. The summed E-state index contributed by atoms with van der Waals surface area (Å²) in [5.41, 5.74) is 4.52. The van der Waals surface area contributed by atoms with Gasteiger partial charge in [0.25, 0.3) is 0 Å². The number of likely N-dealkylation sites (N-methyl/N-ethyl adjacent to an activating group) is 1. The van der Waals surface area contributed by atoms with Gasteiger partial charge in [-0.25, -0.2) is 0 Å². The number of nitrogens with zero attached hydrogens (tertiary/aromatic N) is 4. The predicted molar refractivity (Wildman–Crippen MR) is 90.0 cm³/mol. The number of carbonyl (C=O) groups is 1. The molecule has 1 amide bonds. The molecule has 0 aliphatic carbocycles. The van der Waals surface area contributed by atoms with Crippen LogP contribution in [0, 0.1) is 20.8 Å². The molecule has 0 aliphatic heterocycles. The molecular formula is C17H25N5O. The molecule has 6 nitrogen and oxygen atoms in total. The summed E-state index contributed by atoms with van der Waals surface area (Å²) in [5.74, 6) is 0.0228. The standard InChI is InChI=1S/C17H25N5O/c1-13-14(2)20-22(15(13)3)9-8-19-17(23)12-21(4)11-16-6-5-7-18-10-16/h5-7,10H,8-9,11-12H2,1-4H3,(H,19,23). The second-order valence-corrected chi connectivity index (χ2v) is 5.90. The van der Waals surface area contributed by atoms with Crippen LogP contribution in [0.3, 0.4) is 0 Å². The van der Waals surface area contributed by atoms with Crippen LogP contribution in [0.1, 0.15) is 22.5 Å². The first kappa shape index (κ1) is 17.1. The number of pyridine rings is 1. The first-order chi connectivity index (χ1) is 11.0. The third kappa shape index (κ3) is 4.89. The van der Waals surface area contributed by atoms with Gasteiger partial charge in [-0.2, -0.15) is 5.10 Å². The van der Waals surface area contributed by atoms with E-state index in [9.17, 15) is 4.79 Å². The van der Waals surface area contributed by atoms with Gasteiger partial charge in [0.2, 0.25) is 5.91 Å².